The van der Waals surface area contributed by atoms with Crippen LogP contribution in [0.3, 0.4) is 0 Å². The van der Waals surface area contributed by atoms with Crippen LogP contribution in [0.1, 0.15) is 34.9 Å². The topological polar surface area (TPSA) is 75.4 Å². The van der Waals surface area contributed by atoms with Crippen LogP contribution in [0.5, 0.6) is 0 Å². The first-order valence-electron chi connectivity index (χ1n) is 7.71. The molecular formula is C15H21N5O2S. The minimum atomic E-state index is 0.0490. The fourth-order valence-electron chi connectivity index (χ4n) is 2.96. The molecule has 2 aromatic rings. The third-order valence-electron chi connectivity index (χ3n) is 4.02. The summed E-state index contributed by atoms with van der Waals surface area (Å²) in [5.41, 5.74) is 0. The smallest absolute Gasteiger partial charge is 0.223 e. The molecule has 0 N–H and O–H groups in total. The molecule has 3 heterocycles. The first kappa shape index (κ1) is 16.1. The Labute approximate surface area is 139 Å². The quantitative estimate of drug-likeness (QED) is 0.829. The predicted molar refractivity (Wildman–Crippen MR) is 85.8 cm³/mol. The van der Waals surface area contributed by atoms with Gasteiger partial charge in [-0.25, -0.2) is 4.98 Å². The Morgan fingerprint density at radius 1 is 1.52 bits per heavy atom. The number of nitrogens with zero attached hydrogens (tertiary/aromatic N) is 5. The van der Waals surface area contributed by atoms with Crippen LogP contribution in [0.15, 0.2) is 10.7 Å². The molecule has 7 nitrogen and oxygen atoms in total. The predicted octanol–water partition coefficient (Wildman–Crippen LogP) is 1.77. The summed E-state index contributed by atoms with van der Waals surface area (Å²) >= 11 is 1.73. The number of thiazole rings is 1. The molecular weight excluding hydrogens is 314 g/mol. The van der Waals surface area contributed by atoms with E-state index in [9.17, 15) is 4.79 Å². The highest BCUT2D eigenvalue weighted by Crippen LogP contribution is 2.22. The summed E-state index contributed by atoms with van der Waals surface area (Å²) < 4.78 is 5.00. The molecule has 1 fully saturated rings. The average Bonchev–Trinajstić information content (AvgIpc) is 3.19. The molecule has 0 aliphatic carbocycles. The molecule has 1 amide bonds. The second kappa shape index (κ2) is 6.76. The molecule has 2 aromatic heterocycles. The Morgan fingerprint density at radius 3 is 2.96 bits per heavy atom. The first-order valence-corrected chi connectivity index (χ1v) is 8.53. The van der Waals surface area contributed by atoms with Gasteiger partial charge in [-0.05, 0) is 13.3 Å². The summed E-state index contributed by atoms with van der Waals surface area (Å²) in [5.74, 6) is 1.14. The Balaban J connectivity index is 1.61. The number of carbonyl (C=O) groups is 1. The van der Waals surface area contributed by atoms with E-state index in [4.69, 9.17) is 4.52 Å². The average molecular weight is 335 g/mol. The first-order chi connectivity index (χ1) is 11.0. The molecule has 0 unspecified atom stereocenters. The summed E-state index contributed by atoms with van der Waals surface area (Å²) in [6, 6.07) is 0.195. The van der Waals surface area contributed by atoms with Gasteiger partial charge < -0.3 is 9.42 Å². The SMILES string of the molecule is CC(=O)N(Cc1noc(C)n1)[C@@H]1CCN(Cc2cnc(C)s2)C1. The van der Waals surface area contributed by atoms with Gasteiger partial charge in [-0.1, -0.05) is 5.16 Å². The van der Waals surface area contributed by atoms with Crippen LogP contribution in [-0.2, 0) is 17.9 Å². The number of hydrogen-bond donors (Lipinski definition) is 0. The molecule has 1 atom stereocenters. The zero-order valence-electron chi connectivity index (χ0n) is 13.7. The van der Waals surface area contributed by atoms with Gasteiger partial charge in [0.15, 0.2) is 5.82 Å². The van der Waals surface area contributed by atoms with Gasteiger partial charge in [0.05, 0.1) is 11.6 Å². The molecule has 0 saturated carbocycles. The zero-order chi connectivity index (χ0) is 16.4. The van der Waals surface area contributed by atoms with E-state index in [1.807, 2.05) is 18.0 Å². The number of aryl methyl sites for hydroxylation is 2. The molecule has 124 valence electrons. The third kappa shape index (κ3) is 3.94. The Kier molecular flexibility index (Phi) is 4.72. The summed E-state index contributed by atoms with van der Waals surface area (Å²) in [4.78, 5) is 26.0. The minimum absolute atomic E-state index is 0.0490. The lowest BCUT2D eigenvalue weighted by Gasteiger charge is -2.26. The van der Waals surface area contributed by atoms with Crippen molar-refractivity contribution in [2.75, 3.05) is 13.1 Å². The fraction of sp³-hybridized carbons (Fsp3) is 0.600. The van der Waals surface area contributed by atoms with Crippen LogP contribution in [0.25, 0.3) is 0 Å². The number of likely N-dealkylation sites (tertiary alicyclic amines) is 1. The third-order valence-corrected chi connectivity index (χ3v) is 4.92. The van der Waals surface area contributed by atoms with Gasteiger partial charge in [0.1, 0.15) is 0 Å². The highest BCUT2D eigenvalue weighted by atomic mass is 32.1. The van der Waals surface area contributed by atoms with Crippen LogP contribution in [0.2, 0.25) is 0 Å². The summed E-state index contributed by atoms with van der Waals surface area (Å²) in [7, 11) is 0. The molecule has 0 radical (unpaired) electrons. The summed E-state index contributed by atoms with van der Waals surface area (Å²) in [5, 5.41) is 4.99. The Morgan fingerprint density at radius 2 is 2.35 bits per heavy atom. The molecule has 0 aromatic carbocycles. The number of hydrogen-bond acceptors (Lipinski definition) is 7. The second-order valence-electron chi connectivity index (χ2n) is 5.90. The van der Waals surface area contributed by atoms with E-state index in [0.717, 1.165) is 31.1 Å². The van der Waals surface area contributed by atoms with E-state index in [1.165, 1.54) is 4.88 Å². The standard InChI is InChI=1S/C15H21N5O2S/c1-10-17-15(18-22-10)9-20(12(3)21)13-4-5-19(7-13)8-14-6-16-11(2)23-14/h6,13H,4-5,7-9H2,1-3H3/t13-/m1/s1. The van der Waals surface area contributed by atoms with E-state index in [2.05, 4.69) is 20.0 Å². The van der Waals surface area contributed by atoms with Crippen molar-refractivity contribution in [1.82, 2.24) is 24.9 Å². The molecule has 0 spiro atoms. The lowest BCUT2D eigenvalue weighted by Crippen LogP contribution is -2.40. The monoisotopic (exact) mass is 335 g/mol. The summed E-state index contributed by atoms with van der Waals surface area (Å²) in [6.07, 6.45) is 2.91. The van der Waals surface area contributed by atoms with Crippen molar-refractivity contribution in [1.29, 1.82) is 0 Å². The van der Waals surface area contributed by atoms with E-state index in [1.54, 1.807) is 25.2 Å². The van der Waals surface area contributed by atoms with Crippen molar-refractivity contribution < 1.29 is 9.32 Å². The molecule has 1 aliphatic heterocycles. The Hall–Kier alpha value is -1.80. The van der Waals surface area contributed by atoms with E-state index in [-0.39, 0.29) is 11.9 Å². The fourth-order valence-corrected chi connectivity index (χ4v) is 3.80. The molecule has 3 rings (SSSR count). The minimum Gasteiger partial charge on any atom is -0.340 e. The number of amides is 1. The second-order valence-corrected chi connectivity index (χ2v) is 7.22. The number of carbonyl (C=O) groups excluding carboxylic acids is 1. The highest BCUT2D eigenvalue weighted by molar-refractivity contribution is 7.11. The normalized spacial score (nSPS) is 18.5. The molecule has 23 heavy (non-hydrogen) atoms. The highest BCUT2D eigenvalue weighted by Gasteiger charge is 2.30. The van der Waals surface area contributed by atoms with Crippen LogP contribution in [0.4, 0.5) is 0 Å². The van der Waals surface area contributed by atoms with Crippen LogP contribution >= 0.6 is 11.3 Å². The van der Waals surface area contributed by atoms with Gasteiger partial charge in [0, 0.05) is 50.6 Å². The Bertz CT molecular complexity index is 683. The van der Waals surface area contributed by atoms with Crippen LogP contribution in [-0.4, -0.2) is 50.0 Å². The van der Waals surface area contributed by atoms with E-state index < -0.39 is 0 Å². The maximum atomic E-state index is 12.0. The maximum Gasteiger partial charge on any atom is 0.223 e. The molecule has 8 heteroatoms. The van der Waals surface area contributed by atoms with Crippen molar-refractivity contribution >= 4 is 17.2 Å². The lowest BCUT2D eigenvalue weighted by molar-refractivity contribution is -0.131. The van der Waals surface area contributed by atoms with E-state index >= 15 is 0 Å². The van der Waals surface area contributed by atoms with E-state index in [0.29, 0.717) is 18.3 Å². The van der Waals surface area contributed by atoms with Crippen molar-refractivity contribution in [2.45, 2.75) is 46.3 Å². The zero-order valence-corrected chi connectivity index (χ0v) is 14.5. The largest absolute Gasteiger partial charge is 0.340 e. The van der Waals surface area contributed by atoms with Gasteiger partial charge in [0.2, 0.25) is 11.8 Å². The summed E-state index contributed by atoms with van der Waals surface area (Å²) in [6.45, 7) is 8.53. The van der Waals surface area contributed by atoms with Crippen molar-refractivity contribution in [3.05, 3.63) is 27.8 Å². The van der Waals surface area contributed by atoms with Crippen molar-refractivity contribution in [2.24, 2.45) is 0 Å². The van der Waals surface area contributed by atoms with Gasteiger partial charge >= 0.3 is 0 Å². The molecule has 1 aliphatic rings. The van der Waals surface area contributed by atoms with Crippen molar-refractivity contribution in [3.8, 4) is 0 Å². The lowest BCUT2D eigenvalue weighted by atomic mass is 10.2. The van der Waals surface area contributed by atoms with Crippen LogP contribution < -0.4 is 0 Å². The van der Waals surface area contributed by atoms with Crippen molar-refractivity contribution in [3.63, 3.8) is 0 Å². The van der Waals surface area contributed by atoms with Gasteiger partial charge in [-0.2, -0.15) is 4.98 Å². The maximum absolute atomic E-state index is 12.0. The van der Waals surface area contributed by atoms with Crippen LogP contribution in [0, 0.1) is 13.8 Å². The number of rotatable bonds is 5. The van der Waals surface area contributed by atoms with Gasteiger partial charge in [-0.15, -0.1) is 11.3 Å². The molecule has 1 saturated heterocycles. The molecule has 0 bridgehead atoms. The van der Waals surface area contributed by atoms with Gasteiger partial charge in [0.25, 0.3) is 0 Å². The number of aromatic nitrogens is 3. The van der Waals surface area contributed by atoms with Gasteiger partial charge in [-0.3, -0.25) is 9.69 Å².